The highest BCUT2D eigenvalue weighted by molar-refractivity contribution is 9.10. The first-order valence-corrected chi connectivity index (χ1v) is 5.06. The minimum absolute atomic E-state index is 0.612. The predicted molar refractivity (Wildman–Crippen MR) is 51.0 cm³/mol. The number of hydrogen-bond acceptors (Lipinski definition) is 2. The number of halogens is 1. The van der Waals surface area contributed by atoms with Crippen molar-refractivity contribution in [2.45, 2.75) is 25.4 Å². The zero-order chi connectivity index (χ0) is 8.39. The van der Waals surface area contributed by atoms with E-state index in [9.17, 15) is 0 Å². The van der Waals surface area contributed by atoms with E-state index < -0.39 is 0 Å². The Bertz CT molecular complexity index is 253. The molecule has 0 bridgehead atoms. The molecule has 0 radical (unpaired) electrons. The second-order valence-corrected chi connectivity index (χ2v) is 3.94. The molecular weight excluding hydrogens is 218 g/mol. The molecule has 3 nitrogen and oxygen atoms in total. The summed E-state index contributed by atoms with van der Waals surface area (Å²) in [5.74, 6) is 0. The molecule has 66 valence electrons. The van der Waals surface area contributed by atoms with Crippen LogP contribution in [0.25, 0.3) is 0 Å². The van der Waals surface area contributed by atoms with Gasteiger partial charge in [0.2, 0.25) is 0 Å². The van der Waals surface area contributed by atoms with Gasteiger partial charge in [0.25, 0.3) is 0 Å². The molecular formula is C8H12BrN3. The lowest BCUT2D eigenvalue weighted by atomic mass is 10.2. The molecule has 0 amide bonds. The largest absolute Gasteiger partial charge is 0.312 e. The van der Waals surface area contributed by atoms with Gasteiger partial charge in [0.15, 0.2) is 0 Å². The van der Waals surface area contributed by atoms with Gasteiger partial charge in [-0.1, -0.05) is 0 Å². The Kier molecular flexibility index (Phi) is 2.46. The summed E-state index contributed by atoms with van der Waals surface area (Å²) in [5.41, 5.74) is 0. The van der Waals surface area contributed by atoms with Crippen LogP contribution in [0.1, 0.15) is 12.8 Å². The van der Waals surface area contributed by atoms with Crippen molar-refractivity contribution >= 4 is 15.9 Å². The van der Waals surface area contributed by atoms with E-state index in [4.69, 9.17) is 0 Å². The molecule has 1 saturated heterocycles. The van der Waals surface area contributed by atoms with E-state index in [-0.39, 0.29) is 0 Å². The molecule has 1 aromatic heterocycles. The Morgan fingerprint density at radius 2 is 2.67 bits per heavy atom. The molecule has 12 heavy (non-hydrogen) atoms. The van der Waals surface area contributed by atoms with Gasteiger partial charge in [-0.25, -0.2) is 0 Å². The minimum Gasteiger partial charge on any atom is -0.312 e. The van der Waals surface area contributed by atoms with Crippen LogP contribution in [0.15, 0.2) is 16.9 Å². The third-order valence-corrected chi connectivity index (χ3v) is 2.89. The summed E-state index contributed by atoms with van der Waals surface area (Å²) < 4.78 is 3.06. The van der Waals surface area contributed by atoms with Gasteiger partial charge in [0, 0.05) is 6.04 Å². The molecule has 0 saturated carbocycles. The second kappa shape index (κ2) is 3.58. The Balaban J connectivity index is 1.98. The first kappa shape index (κ1) is 8.26. The first-order valence-electron chi connectivity index (χ1n) is 4.27. The van der Waals surface area contributed by atoms with Crippen LogP contribution >= 0.6 is 15.9 Å². The third-order valence-electron chi connectivity index (χ3n) is 2.22. The standard InChI is InChI=1S/C8H12BrN3/c9-8-3-5-11-12(8)6-7-2-1-4-10-7/h3,5,7,10H,1-2,4,6H2. The zero-order valence-corrected chi connectivity index (χ0v) is 8.42. The number of nitrogens with one attached hydrogen (secondary N) is 1. The molecule has 1 atom stereocenters. The van der Waals surface area contributed by atoms with Crippen LogP contribution in [0, 0.1) is 0 Å². The lowest BCUT2D eigenvalue weighted by Gasteiger charge is -2.10. The molecule has 1 aliphatic rings. The summed E-state index contributed by atoms with van der Waals surface area (Å²) in [6.45, 7) is 2.14. The zero-order valence-electron chi connectivity index (χ0n) is 6.83. The molecule has 2 heterocycles. The fraction of sp³-hybridized carbons (Fsp3) is 0.625. The Morgan fingerprint density at radius 1 is 1.75 bits per heavy atom. The molecule has 0 aromatic carbocycles. The van der Waals surface area contributed by atoms with Gasteiger partial charge < -0.3 is 5.32 Å². The fourth-order valence-electron chi connectivity index (χ4n) is 1.57. The van der Waals surface area contributed by atoms with Crippen LogP contribution in [-0.2, 0) is 6.54 Å². The van der Waals surface area contributed by atoms with Gasteiger partial charge >= 0.3 is 0 Å². The summed E-state index contributed by atoms with van der Waals surface area (Å²) in [6, 6.07) is 2.58. The molecule has 4 heteroatoms. The summed E-state index contributed by atoms with van der Waals surface area (Å²) in [6.07, 6.45) is 4.38. The Labute approximate surface area is 80.3 Å². The summed E-state index contributed by atoms with van der Waals surface area (Å²) in [4.78, 5) is 0. The van der Waals surface area contributed by atoms with Crippen LogP contribution in [0.2, 0.25) is 0 Å². The van der Waals surface area contributed by atoms with Crippen LogP contribution in [0.5, 0.6) is 0 Å². The molecule has 0 spiro atoms. The van der Waals surface area contributed by atoms with Crippen LogP contribution < -0.4 is 5.32 Å². The molecule has 1 fully saturated rings. The van der Waals surface area contributed by atoms with Crippen molar-refractivity contribution in [2.24, 2.45) is 0 Å². The predicted octanol–water partition coefficient (Wildman–Crippen LogP) is 1.40. The van der Waals surface area contributed by atoms with E-state index in [0.29, 0.717) is 6.04 Å². The topological polar surface area (TPSA) is 29.9 Å². The maximum atomic E-state index is 4.21. The highest BCUT2D eigenvalue weighted by Crippen LogP contribution is 2.12. The average Bonchev–Trinajstić information content (AvgIpc) is 2.65. The molecule has 2 rings (SSSR count). The van der Waals surface area contributed by atoms with Gasteiger partial charge in [0.05, 0.1) is 12.7 Å². The Morgan fingerprint density at radius 3 is 3.25 bits per heavy atom. The molecule has 0 aliphatic carbocycles. The SMILES string of the molecule is Brc1ccnn1CC1CCCN1. The first-order chi connectivity index (χ1) is 5.86. The number of nitrogens with zero attached hydrogens (tertiary/aromatic N) is 2. The van der Waals surface area contributed by atoms with Crippen molar-refractivity contribution in [2.75, 3.05) is 6.54 Å². The van der Waals surface area contributed by atoms with E-state index in [1.807, 2.05) is 16.9 Å². The van der Waals surface area contributed by atoms with E-state index in [2.05, 4.69) is 26.3 Å². The Hall–Kier alpha value is -0.350. The second-order valence-electron chi connectivity index (χ2n) is 3.13. The molecule has 1 N–H and O–H groups in total. The van der Waals surface area contributed by atoms with Crippen molar-refractivity contribution in [3.8, 4) is 0 Å². The summed E-state index contributed by atoms with van der Waals surface area (Å²) in [5, 5.41) is 7.65. The third kappa shape index (κ3) is 1.69. The maximum Gasteiger partial charge on any atom is 0.104 e. The maximum absolute atomic E-state index is 4.21. The summed E-state index contributed by atoms with van der Waals surface area (Å²) in [7, 11) is 0. The van der Waals surface area contributed by atoms with E-state index >= 15 is 0 Å². The smallest absolute Gasteiger partial charge is 0.104 e. The van der Waals surface area contributed by atoms with Gasteiger partial charge in [-0.3, -0.25) is 4.68 Å². The fourth-order valence-corrected chi connectivity index (χ4v) is 1.93. The van der Waals surface area contributed by atoms with E-state index in [1.54, 1.807) is 0 Å². The average molecular weight is 230 g/mol. The van der Waals surface area contributed by atoms with Crippen molar-refractivity contribution in [1.29, 1.82) is 0 Å². The number of hydrogen-bond donors (Lipinski definition) is 1. The van der Waals surface area contributed by atoms with Gasteiger partial charge in [0.1, 0.15) is 4.60 Å². The lowest BCUT2D eigenvalue weighted by Crippen LogP contribution is -2.27. The highest BCUT2D eigenvalue weighted by atomic mass is 79.9. The quantitative estimate of drug-likeness (QED) is 0.832. The minimum atomic E-state index is 0.612. The van der Waals surface area contributed by atoms with Crippen molar-refractivity contribution < 1.29 is 0 Å². The van der Waals surface area contributed by atoms with Crippen LogP contribution in [-0.4, -0.2) is 22.4 Å². The number of aromatic nitrogens is 2. The van der Waals surface area contributed by atoms with Gasteiger partial charge in [-0.2, -0.15) is 5.10 Å². The van der Waals surface area contributed by atoms with E-state index in [0.717, 1.165) is 17.7 Å². The van der Waals surface area contributed by atoms with Crippen molar-refractivity contribution in [3.05, 3.63) is 16.9 Å². The monoisotopic (exact) mass is 229 g/mol. The van der Waals surface area contributed by atoms with E-state index in [1.165, 1.54) is 12.8 Å². The van der Waals surface area contributed by atoms with Gasteiger partial charge in [-0.05, 0) is 41.4 Å². The molecule has 1 unspecified atom stereocenters. The number of rotatable bonds is 2. The highest BCUT2D eigenvalue weighted by Gasteiger charge is 2.15. The molecule has 1 aromatic rings. The normalized spacial score (nSPS) is 23.2. The van der Waals surface area contributed by atoms with Crippen molar-refractivity contribution in [1.82, 2.24) is 15.1 Å². The van der Waals surface area contributed by atoms with Crippen LogP contribution in [0.3, 0.4) is 0 Å². The summed E-state index contributed by atoms with van der Waals surface area (Å²) >= 11 is 3.45. The molecule has 1 aliphatic heterocycles. The lowest BCUT2D eigenvalue weighted by molar-refractivity contribution is 0.470. The van der Waals surface area contributed by atoms with Crippen molar-refractivity contribution in [3.63, 3.8) is 0 Å². The van der Waals surface area contributed by atoms with Gasteiger partial charge in [-0.15, -0.1) is 0 Å². The van der Waals surface area contributed by atoms with Crippen LogP contribution in [0.4, 0.5) is 0 Å².